The first-order valence-electron chi connectivity index (χ1n) is 7.01. The molecule has 1 aliphatic rings. The van der Waals surface area contributed by atoms with Crippen LogP contribution < -0.4 is 10.5 Å². The summed E-state index contributed by atoms with van der Waals surface area (Å²) in [6.07, 6.45) is 1.28. The number of nitrogens with two attached hydrogens (primary N) is 1. The van der Waals surface area contributed by atoms with Crippen molar-refractivity contribution in [3.05, 3.63) is 29.8 Å². The van der Waals surface area contributed by atoms with Gasteiger partial charge in [-0.15, -0.1) is 0 Å². The van der Waals surface area contributed by atoms with E-state index in [1.807, 2.05) is 31.2 Å². The van der Waals surface area contributed by atoms with Crippen LogP contribution in [0.25, 0.3) is 0 Å². The molecule has 0 radical (unpaired) electrons. The molecular weight excluding hydrogens is 290 g/mol. The number of rotatable bonds is 7. The Morgan fingerprint density at radius 1 is 1.29 bits per heavy atom. The molecule has 0 bridgehead atoms. The van der Waals surface area contributed by atoms with E-state index in [9.17, 15) is 8.42 Å². The highest BCUT2D eigenvalue weighted by Gasteiger charge is 2.69. The minimum Gasteiger partial charge on any atom is -0.497 e. The topological polar surface area (TPSA) is 78.6 Å². The first-order valence-corrected chi connectivity index (χ1v) is 8.96. The molecule has 1 saturated carbocycles. The molecule has 0 aliphatic heterocycles. The third-order valence-corrected chi connectivity index (χ3v) is 5.93. The van der Waals surface area contributed by atoms with Crippen LogP contribution in [-0.4, -0.2) is 46.8 Å². The van der Waals surface area contributed by atoms with Gasteiger partial charge in [-0.1, -0.05) is 12.1 Å². The zero-order valence-corrected chi connectivity index (χ0v) is 13.5. The fourth-order valence-corrected chi connectivity index (χ4v) is 5.22. The molecule has 2 N–H and O–H groups in total. The highest BCUT2D eigenvalue weighted by molar-refractivity contribution is 7.91. The Balaban J connectivity index is 2.34. The largest absolute Gasteiger partial charge is 0.497 e. The summed E-state index contributed by atoms with van der Waals surface area (Å²) in [5.74, 6) is 0.633. The third-order valence-electron chi connectivity index (χ3n) is 4.27. The zero-order chi connectivity index (χ0) is 15.7. The van der Waals surface area contributed by atoms with Crippen LogP contribution in [0.2, 0.25) is 0 Å². The first kappa shape index (κ1) is 16.3. The van der Waals surface area contributed by atoms with Crippen LogP contribution in [0.5, 0.6) is 5.75 Å². The molecule has 0 aromatic heterocycles. The number of hydrogen-bond donors (Lipinski definition) is 1. The van der Waals surface area contributed by atoms with Crippen LogP contribution in [0.3, 0.4) is 0 Å². The normalized spacial score (nSPS) is 28.4. The fourth-order valence-electron chi connectivity index (χ4n) is 3.21. The molecule has 1 aromatic rings. The monoisotopic (exact) mass is 313 g/mol. The van der Waals surface area contributed by atoms with Crippen LogP contribution in [-0.2, 0) is 14.6 Å². The van der Waals surface area contributed by atoms with Gasteiger partial charge in [0.2, 0.25) is 0 Å². The maximum absolute atomic E-state index is 12.1. The maximum Gasteiger partial charge on any atom is 0.151 e. The van der Waals surface area contributed by atoms with Crippen molar-refractivity contribution in [2.75, 3.05) is 33.1 Å². The van der Waals surface area contributed by atoms with E-state index in [0.29, 0.717) is 19.8 Å². The molecule has 118 valence electrons. The maximum atomic E-state index is 12.1. The summed E-state index contributed by atoms with van der Waals surface area (Å²) in [4.78, 5) is 0. The lowest BCUT2D eigenvalue weighted by atomic mass is 10.00. The van der Waals surface area contributed by atoms with E-state index in [2.05, 4.69) is 0 Å². The van der Waals surface area contributed by atoms with Crippen LogP contribution in [0.4, 0.5) is 0 Å². The second-order valence-electron chi connectivity index (χ2n) is 5.58. The molecule has 1 aromatic carbocycles. The van der Waals surface area contributed by atoms with Crippen molar-refractivity contribution in [1.29, 1.82) is 0 Å². The van der Waals surface area contributed by atoms with E-state index in [1.54, 1.807) is 7.11 Å². The first-order chi connectivity index (χ1) is 9.90. The van der Waals surface area contributed by atoms with Crippen LogP contribution in [0.1, 0.15) is 18.4 Å². The number of ether oxygens (including phenoxy) is 2. The molecule has 0 amide bonds. The van der Waals surface area contributed by atoms with Crippen molar-refractivity contribution in [2.24, 2.45) is 11.1 Å². The number of hydrogen-bond acceptors (Lipinski definition) is 5. The standard InChI is InChI=1S/C15H23NO4S/c1-4-20-10-15(9-16)13(14(15)21(3,17)18)11-5-7-12(19-2)8-6-11/h5-8,13-14H,4,9-10,16H2,1-3H3/t13-,14-,15-/m0/s1. The third kappa shape index (κ3) is 2.93. The number of sulfone groups is 1. The zero-order valence-electron chi connectivity index (χ0n) is 12.7. The summed E-state index contributed by atoms with van der Waals surface area (Å²) in [6.45, 7) is 3.11. The van der Waals surface area contributed by atoms with E-state index in [1.165, 1.54) is 6.26 Å². The molecule has 2 rings (SSSR count). The van der Waals surface area contributed by atoms with Gasteiger partial charge < -0.3 is 15.2 Å². The van der Waals surface area contributed by atoms with Gasteiger partial charge in [0, 0.05) is 30.7 Å². The van der Waals surface area contributed by atoms with E-state index >= 15 is 0 Å². The molecule has 21 heavy (non-hydrogen) atoms. The van der Waals surface area contributed by atoms with Gasteiger partial charge in [0.05, 0.1) is 19.0 Å². The molecule has 5 nitrogen and oxygen atoms in total. The van der Waals surface area contributed by atoms with Crippen molar-refractivity contribution >= 4 is 9.84 Å². The molecule has 0 heterocycles. The molecule has 0 spiro atoms. The SMILES string of the molecule is CCOC[C@@]1(CN)[C@@H](c2ccc(OC)cc2)[C@@H]1S(C)(=O)=O. The predicted octanol–water partition coefficient (Wildman–Crippen LogP) is 1.19. The van der Waals surface area contributed by atoms with Crippen molar-refractivity contribution in [3.8, 4) is 5.75 Å². The summed E-state index contributed by atoms with van der Waals surface area (Å²) in [5.41, 5.74) is 6.36. The summed E-state index contributed by atoms with van der Waals surface area (Å²) >= 11 is 0. The van der Waals surface area contributed by atoms with E-state index < -0.39 is 20.5 Å². The molecule has 3 atom stereocenters. The second kappa shape index (κ2) is 5.94. The molecule has 1 aliphatic carbocycles. The molecule has 1 fully saturated rings. The average Bonchev–Trinajstić information content (AvgIpc) is 3.15. The lowest BCUT2D eigenvalue weighted by molar-refractivity contribution is 0.101. The van der Waals surface area contributed by atoms with Gasteiger partial charge >= 0.3 is 0 Å². The van der Waals surface area contributed by atoms with Crippen molar-refractivity contribution in [3.63, 3.8) is 0 Å². The summed E-state index contributed by atoms with van der Waals surface area (Å²) in [7, 11) is -1.58. The van der Waals surface area contributed by atoms with Gasteiger partial charge in [-0.05, 0) is 24.6 Å². The minimum atomic E-state index is -3.18. The fraction of sp³-hybridized carbons (Fsp3) is 0.600. The Labute approximate surface area is 126 Å². The molecule has 0 saturated heterocycles. The number of methoxy groups -OCH3 is 1. The van der Waals surface area contributed by atoms with Gasteiger partial charge in [0.15, 0.2) is 9.84 Å². The summed E-state index contributed by atoms with van der Waals surface area (Å²) < 4.78 is 34.8. The Morgan fingerprint density at radius 2 is 1.90 bits per heavy atom. The van der Waals surface area contributed by atoms with Crippen LogP contribution >= 0.6 is 0 Å². The van der Waals surface area contributed by atoms with Gasteiger partial charge in [-0.2, -0.15) is 0 Å². The minimum absolute atomic E-state index is 0.116. The lowest BCUT2D eigenvalue weighted by Gasteiger charge is -2.15. The Hall–Kier alpha value is -1.11. The quantitative estimate of drug-likeness (QED) is 0.818. The van der Waals surface area contributed by atoms with Crippen molar-refractivity contribution in [1.82, 2.24) is 0 Å². The Morgan fingerprint density at radius 3 is 2.33 bits per heavy atom. The molecular formula is C15H23NO4S. The highest BCUT2D eigenvalue weighted by atomic mass is 32.2. The Kier molecular flexibility index (Phi) is 4.60. The van der Waals surface area contributed by atoms with Crippen molar-refractivity contribution in [2.45, 2.75) is 18.1 Å². The van der Waals surface area contributed by atoms with Gasteiger partial charge in [0.25, 0.3) is 0 Å². The molecule has 6 heteroatoms. The second-order valence-corrected chi connectivity index (χ2v) is 7.74. The van der Waals surface area contributed by atoms with Crippen molar-refractivity contribution < 1.29 is 17.9 Å². The predicted molar refractivity (Wildman–Crippen MR) is 82.3 cm³/mol. The average molecular weight is 313 g/mol. The number of benzene rings is 1. The van der Waals surface area contributed by atoms with E-state index in [0.717, 1.165) is 11.3 Å². The van der Waals surface area contributed by atoms with E-state index in [4.69, 9.17) is 15.2 Å². The lowest BCUT2D eigenvalue weighted by Crippen LogP contribution is -2.28. The van der Waals surface area contributed by atoms with Gasteiger partial charge in [-0.25, -0.2) is 8.42 Å². The van der Waals surface area contributed by atoms with Gasteiger partial charge in [-0.3, -0.25) is 0 Å². The van der Waals surface area contributed by atoms with Crippen LogP contribution in [0, 0.1) is 5.41 Å². The highest BCUT2D eigenvalue weighted by Crippen LogP contribution is 2.62. The summed E-state index contributed by atoms with van der Waals surface area (Å²) in [5, 5.41) is -0.477. The van der Waals surface area contributed by atoms with E-state index in [-0.39, 0.29) is 5.92 Å². The molecule has 0 unspecified atom stereocenters. The summed E-state index contributed by atoms with van der Waals surface area (Å²) in [6, 6.07) is 7.50. The van der Waals surface area contributed by atoms with Crippen LogP contribution in [0.15, 0.2) is 24.3 Å². The van der Waals surface area contributed by atoms with Gasteiger partial charge in [0.1, 0.15) is 5.75 Å². The Bertz CT molecular complexity index is 584. The smallest absolute Gasteiger partial charge is 0.151 e.